The third-order valence-corrected chi connectivity index (χ3v) is 13.8. The lowest BCUT2D eigenvalue weighted by atomic mass is 9.87. The summed E-state index contributed by atoms with van der Waals surface area (Å²) < 4.78 is 21.0. The fraction of sp³-hybridized carbons (Fsp3) is 1.00. The molecule has 0 aromatic carbocycles. The molecule has 10 heteroatoms. The van der Waals surface area contributed by atoms with Crippen molar-refractivity contribution in [3.05, 3.63) is 0 Å². The van der Waals surface area contributed by atoms with Gasteiger partial charge in [-0.25, -0.2) is 0 Å². The number of ether oxygens (including phenoxy) is 2. The molecule has 3 aliphatic rings. The molecule has 8 nitrogen and oxygen atoms in total. The maximum atomic E-state index is 9.34. The van der Waals surface area contributed by atoms with E-state index in [1.165, 1.54) is 25.7 Å². The molecule has 0 aromatic heterocycles. The van der Waals surface area contributed by atoms with Crippen LogP contribution in [0.5, 0.6) is 0 Å². The number of fused-ring (bicyclic) bond motifs is 1. The Morgan fingerprint density at radius 1 is 0.839 bits per heavy atom. The van der Waals surface area contributed by atoms with Crippen molar-refractivity contribution in [2.75, 3.05) is 59.0 Å². The minimum Gasteiger partial charge on any atom is -0.415 e. The van der Waals surface area contributed by atoms with Gasteiger partial charge in [-0.1, -0.05) is 12.8 Å². The zero-order valence-electron chi connectivity index (χ0n) is 19.3. The molecular formula is C21H44O8Si2. The highest BCUT2D eigenvalue weighted by molar-refractivity contribution is 6.73. The van der Waals surface area contributed by atoms with Crippen LogP contribution in [0.2, 0.25) is 12.1 Å². The second-order valence-corrected chi connectivity index (χ2v) is 17.3. The Kier molecular flexibility index (Phi) is 12.1. The molecule has 0 spiro atoms. The van der Waals surface area contributed by atoms with E-state index in [9.17, 15) is 10.2 Å². The Morgan fingerprint density at radius 2 is 1.45 bits per heavy atom. The molecule has 1 heterocycles. The monoisotopic (exact) mass is 480 g/mol. The number of hydrogen-bond acceptors (Lipinski definition) is 8. The standard InChI is InChI=1S/C12H24O3Si.C9H20O5Si/c1-15-16(8-13,9-14)5-4-10-2-3-11-7-12(11)6-10;1-12-15(7-10,8-11)4-2-3-13-5-9-6-14-9/h10-14H,2-9H2,1H3;9-11H,2-8H2,1H3. The number of hydrogen-bond donors (Lipinski definition) is 4. The number of aliphatic hydroxyl groups is 4. The highest BCUT2D eigenvalue weighted by Gasteiger charge is 2.42. The van der Waals surface area contributed by atoms with Gasteiger partial charge in [0.1, 0.15) is 6.10 Å². The zero-order valence-corrected chi connectivity index (χ0v) is 21.3. The molecule has 184 valence electrons. The van der Waals surface area contributed by atoms with Gasteiger partial charge in [0.25, 0.3) is 0 Å². The summed E-state index contributed by atoms with van der Waals surface area (Å²) in [7, 11) is -1.29. The van der Waals surface area contributed by atoms with E-state index in [2.05, 4.69) is 0 Å². The molecule has 2 aliphatic carbocycles. The topological polar surface area (TPSA) is 121 Å². The molecule has 2 saturated carbocycles. The van der Waals surface area contributed by atoms with Crippen LogP contribution >= 0.6 is 0 Å². The van der Waals surface area contributed by atoms with Crippen LogP contribution < -0.4 is 0 Å². The summed E-state index contributed by atoms with van der Waals surface area (Å²) >= 11 is 0. The van der Waals surface area contributed by atoms with Gasteiger partial charge >= 0.3 is 0 Å². The summed E-state index contributed by atoms with van der Waals surface area (Å²) in [6.07, 6.45) is 7.90. The highest BCUT2D eigenvalue weighted by atomic mass is 28.4. The van der Waals surface area contributed by atoms with E-state index in [4.69, 9.17) is 28.5 Å². The third kappa shape index (κ3) is 9.11. The zero-order chi connectivity index (χ0) is 22.7. The van der Waals surface area contributed by atoms with Crippen molar-refractivity contribution >= 4 is 16.6 Å². The third-order valence-electron chi connectivity index (χ3n) is 7.30. The van der Waals surface area contributed by atoms with Crippen LogP contribution in [0.3, 0.4) is 0 Å². The van der Waals surface area contributed by atoms with Crippen molar-refractivity contribution in [1.29, 1.82) is 0 Å². The second kappa shape index (κ2) is 13.7. The predicted octanol–water partition coefficient (Wildman–Crippen LogP) is 0.914. The van der Waals surface area contributed by atoms with Gasteiger partial charge in [-0.3, -0.25) is 0 Å². The van der Waals surface area contributed by atoms with Crippen molar-refractivity contribution in [3.8, 4) is 0 Å². The normalized spacial score (nSPS) is 27.3. The molecule has 3 fully saturated rings. The van der Waals surface area contributed by atoms with E-state index in [0.29, 0.717) is 19.3 Å². The predicted molar refractivity (Wildman–Crippen MR) is 122 cm³/mol. The molecule has 0 bridgehead atoms. The first kappa shape index (κ1) is 27.4. The van der Waals surface area contributed by atoms with Crippen LogP contribution in [0, 0.1) is 17.8 Å². The van der Waals surface area contributed by atoms with Gasteiger partial charge in [0.2, 0.25) is 16.6 Å². The fourth-order valence-corrected chi connectivity index (χ4v) is 7.91. The lowest BCUT2D eigenvalue weighted by molar-refractivity contribution is 0.115. The Labute approximate surface area is 189 Å². The minimum absolute atomic E-state index is 0.0360. The van der Waals surface area contributed by atoms with Crippen molar-refractivity contribution in [1.82, 2.24) is 0 Å². The molecule has 3 rings (SSSR count). The summed E-state index contributed by atoms with van der Waals surface area (Å²) in [5.74, 6) is 2.89. The first-order valence-corrected chi connectivity index (χ1v) is 16.8. The van der Waals surface area contributed by atoms with E-state index in [-0.39, 0.29) is 24.9 Å². The maximum Gasteiger partial charge on any atom is 0.242 e. The number of epoxide rings is 1. The summed E-state index contributed by atoms with van der Waals surface area (Å²) in [5, 5.41) is 37.0. The van der Waals surface area contributed by atoms with Crippen LogP contribution in [-0.2, 0) is 18.3 Å². The van der Waals surface area contributed by atoms with Gasteiger partial charge < -0.3 is 38.8 Å². The first-order chi connectivity index (χ1) is 15.0. The summed E-state index contributed by atoms with van der Waals surface area (Å²) in [5.41, 5.74) is 0. The molecule has 4 N–H and O–H groups in total. The van der Waals surface area contributed by atoms with Crippen molar-refractivity contribution in [2.24, 2.45) is 17.8 Å². The van der Waals surface area contributed by atoms with E-state index in [0.717, 1.165) is 49.3 Å². The molecule has 1 saturated heterocycles. The van der Waals surface area contributed by atoms with Gasteiger partial charge in [-0.15, -0.1) is 0 Å². The van der Waals surface area contributed by atoms with Crippen molar-refractivity contribution < 1.29 is 38.8 Å². The Morgan fingerprint density at radius 3 is 1.97 bits per heavy atom. The molecule has 4 unspecified atom stereocenters. The van der Waals surface area contributed by atoms with E-state index in [1.54, 1.807) is 14.2 Å². The number of rotatable bonds is 15. The van der Waals surface area contributed by atoms with Gasteiger partial charge in [0, 0.05) is 20.8 Å². The Hall–Kier alpha value is 0.114. The molecule has 0 aromatic rings. The maximum absolute atomic E-state index is 9.34. The van der Waals surface area contributed by atoms with Gasteiger partial charge in [0.05, 0.1) is 38.1 Å². The lowest BCUT2D eigenvalue weighted by Gasteiger charge is -2.28. The summed E-state index contributed by atoms with van der Waals surface area (Å²) in [6.45, 7) is 2.10. The van der Waals surface area contributed by atoms with Gasteiger partial charge in [0.15, 0.2) is 0 Å². The van der Waals surface area contributed by atoms with Crippen LogP contribution in [0.1, 0.15) is 38.5 Å². The van der Waals surface area contributed by atoms with E-state index >= 15 is 0 Å². The summed E-state index contributed by atoms with van der Waals surface area (Å²) in [6, 6.07) is 1.64. The Bertz CT molecular complexity index is 469. The summed E-state index contributed by atoms with van der Waals surface area (Å²) in [4.78, 5) is 0. The van der Waals surface area contributed by atoms with Gasteiger partial charge in [-0.2, -0.15) is 0 Å². The SMILES string of the molecule is CO[Si](CO)(CO)CCC1CCC2CC2C1.CO[Si](CO)(CO)CCCOCC1CO1. The molecular weight excluding hydrogens is 436 g/mol. The second-order valence-electron chi connectivity index (χ2n) is 9.51. The quantitative estimate of drug-likeness (QED) is 0.155. The van der Waals surface area contributed by atoms with Crippen LogP contribution in [0.4, 0.5) is 0 Å². The Balaban J connectivity index is 0.000000221. The smallest absolute Gasteiger partial charge is 0.242 e. The molecule has 4 atom stereocenters. The van der Waals surface area contributed by atoms with E-state index < -0.39 is 16.6 Å². The fourth-order valence-electron chi connectivity index (χ4n) is 4.43. The molecule has 0 radical (unpaired) electrons. The lowest BCUT2D eigenvalue weighted by Crippen LogP contribution is -2.46. The van der Waals surface area contributed by atoms with Crippen LogP contribution in [0.25, 0.3) is 0 Å². The largest absolute Gasteiger partial charge is 0.415 e. The van der Waals surface area contributed by atoms with E-state index in [1.807, 2.05) is 0 Å². The van der Waals surface area contributed by atoms with Crippen LogP contribution in [0.15, 0.2) is 0 Å². The first-order valence-electron chi connectivity index (χ1n) is 11.7. The average Bonchev–Trinajstić information content (AvgIpc) is 3.74. The van der Waals surface area contributed by atoms with Crippen molar-refractivity contribution in [3.63, 3.8) is 0 Å². The minimum atomic E-state index is -2.28. The van der Waals surface area contributed by atoms with Crippen molar-refractivity contribution in [2.45, 2.75) is 56.7 Å². The number of aliphatic hydroxyl groups excluding tert-OH is 4. The average molecular weight is 481 g/mol. The van der Waals surface area contributed by atoms with Crippen LogP contribution in [-0.4, -0.2) is 102 Å². The molecule has 1 aliphatic heterocycles. The molecule has 31 heavy (non-hydrogen) atoms. The van der Waals surface area contributed by atoms with Gasteiger partial charge in [-0.05, 0) is 55.5 Å². The highest BCUT2D eigenvalue weighted by Crippen LogP contribution is 2.52. The molecule has 0 amide bonds.